The van der Waals surface area contributed by atoms with E-state index in [0.717, 1.165) is 0 Å². The Morgan fingerprint density at radius 3 is 2.73 bits per heavy atom. The normalized spacial score (nSPS) is 36.7. The Morgan fingerprint density at radius 1 is 1.32 bits per heavy atom. The van der Waals surface area contributed by atoms with Crippen LogP contribution in [-0.4, -0.2) is 70.7 Å². The Hall–Kier alpha value is -1.71. The van der Waals surface area contributed by atoms with Crippen LogP contribution in [0.3, 0.4) is 0 Å². The summed E-state index contributed by atoms with van der Waals surface area (Å²) >= 11 is 0. The molecule has 0 amide bonds. The van der Waals surface area contributed by atoms with Gasteiger partial charge in [-0.05, 0) is 12.1 Å². The monoisotopic (exact) mass is 321 g/mol. The summed E-state index contributed by atoms with van der Waals surface area (Å²) < 4.78 is 66.5. The third kappa shape index (κ3) is 3.21. The third-order valence-electron chi connectivity index (χ3n) is 3.03. The van der Waals surface area contributed by atoms with Crippen molar-refractivity contribution >= 4 is 5.97 Å². The molecular formula is C14H18O8. The summed E-state index contributed by atoms with van der Waals surface area (Å²) in [5, 5.41) is 38.8. The minimum atomic E-state index is -3.23. The second-order valence-corrected chi connectivity index (χ2v) is 4.41. The standard InChI is InChI=1S/C14H18O8/c1-20-13(19)7-4-2-3-5-8(7)21-14-12(18)11(17)10(16)9(6-15)22-14/h2-5,9-12,14-18H,6H2,1H3/t9-,10-,11+,12-,14-/m1/s1/i1D3,2D,3D,4D,5D. The molecule has 122 valence electrons. The highest BCUT2D eigenvalue weighted by Gasteiger charge is 2.44. The highest BCUT2D eigenvalue weighted by atomic mass is 16.7. The van der Waals surface area contributed by atoms with Crippen molar-refractivity contribution in [1.82, 2.24) is 0 Å². The Balaban J connectivity index is 2.52. The maximum Gasteiger partial charge on any atom is 0.341 e. The zero-order chi connectivity index (χ0) is 22.3. The predicted molar refractivity (Wildman–Crippen MR) is 72.2 cm³/mol. The van der Waals surface area contributed by atoms with Gasteiger partial charge in [-0.3, -0.25) is 0 Å². The van der Waals surface area contributed by atoms with Crippen molar-refractivity contribution in [2.24, 2.45) is 0 Å². The number of esters is 1. The highest BCUT2D eigenvalue weighted by molar-refractivity contribution is 5.92. The number of carbonyl (C=O) groups is 1. The molecule has 8 nitrogen and oxygen atoms in total. The molecule has 8 heteroatoms. The van der Waals surface area contributed by atoms with E-state index in [1.165, 1.54) is 0 Å². The van der Waals surface area contributed by atoms with Gasteiger partial charge in [-0.25, -0.2) is 4.79 Å². The van der Waals surface area contributed by atoms with Crippen LogP contribution in [0.1, 0.15) is 20.0 Å². The zero-order valence-electron chi connectivity index (χ0n) is 18.0. The molecule has 0 radical (unpaired) electrons. The highest BCUT2D eigenvalue weighted by Crippen LogP contribution is 2.26. The lowest BCUT2D eigenvalue weighted by Crippen LogP contribution is -2.60. The molecule has 1 aliphatic heterocycles. The lowest BCUT2D eigenvalue weighted by atomic mass is 9.99. The minimum Gasteiger partial charge on any atom is -0.465 e. The zero-order valence-corrected chi connectivity index (χ0v) is 11.0. The molecule has 0 saturated carbocycles. The molecule has 0 spiro atoms. The van der Waals surface area contributed by atoms with Crippen molar-refractivity contribution in [3.05, 3.63) is 29.7 Å². The van der Waals surface area contributed by atoms with E-state index in [4.69, 9.17) is 19.1 Å². The van der Waals surface area contributed by atoms with Crippen LogP contribution in [0, 0.1) is 0 Å². The van der Waals surface area contributed by atoms with Gasteiger partial charge in [-0.1, -0.05) is 12.1 Å². The van der Waals surface area contributed by atoms with Crippen LogP contribution in [0.15, 0.2) is 24.2 Å². The van der Waals surface area contributed by atoms with E-state index in [1.807, 2.05) is 0 Å². The van der Waals surface area contributed by atoms with Gasteiger partial charge in [0.15, 0.2) is 0 Å². The molecule has 2 rings (SSSR count). The first kappa shape index (κ1) is 9.43. The molecule has 1 fully saturated rings. The Morgan fingerprint density at radius 2 is 2.05 bits per heavy atom. The summed E-state index contributed by atoms with van der Waals surface area (Å²) in [4.78, 5) is 12.2. The maximum atomic E-state index is 12.2. The fourth-order valence-corrected chi connectivity index (χ4v) is 1.87. The summed E-state index contributed by atoms with van der Waals surface area (Å²) in [5.74, 6) is -2.56. The summed E-state index contributed by atoms with van der Waals surface area (Å²) in [6, 6.07) is -3.62. The van der Waals surface area contributed by atoms with Gasteiger partial charge >= 0.3 is 5.97 Å². The largest absolute Gasteiger partial charge is 0.465 e. The lowest BCUT2D eigenvalue weighted by molar-refractivity contribution is -0.277. The van der Waals surface area contributed by atoms with Gasteiger partial charge < -0.3 is 34.6 Å². The van der Waals surface area contributed by atoms with Crippen LogP contribution < -0.4 is 4.74 Å². The first-order chi connectivity index (χ1) is 13.3. The minimum absolute atomic E-state index is 0.800. The summed E-state index contributed by atoms with van der Waals surface area (Å²) in [6.45, 7) is -0.800. The molecule has 1 aromatic rings. The van der Waals surface area contributed by atoms with Gasteiger partial charge in [0.05, 0.1) is 23.2 Å². The van der Waals surface area contributed by atoms with E-state index >= 15 is 0 Å². The average molecular weight is 321 g/mol. The van der Waals surface area contributed by atoms with Gasteiger partial charge in [-0.2, -0.15) is 0 Å². The van der Waals surface area contributed by atoms with Gasteiger partial charge in [0.2, 0.25) is 6.29 Å². The van der Waals surface area contributed by atoms with Crippen LogP contribution in [0.5, 0.6) is 5.75 Å². The van der Waals surface area contributed by atoms with Gasteiger partial charge in [0.1, 0.15) is 35.7 Å². The number of carbonyl (C=O) groups excluding carboxylic acids is 1. The molecular weight excluding hydrogens is 296 g/mol. The van der Waals surface area contributed by atoms with Gasteiger partial charge in [0, 0.05) is 0 Å². The first-order valence-electron chi connectivity index (χ1n) is 9.61. The van der Waals surface area contributed by atoms with E-state index in [0.29, 0.717) is 0 Å². The Kier molecular flexibility index (Phi) is 3.02. The molecule has 0 aromatic heterocycles. The van der Waals surface area contributed by atoms with E-state index in [2.05, 4.69) is 4.74 Å². The number of methoxy groups -OCH3 is 1. The molecule has 1 heterocycles. The lowest BCUT2D eigenvalue weighted by Gasteiger charge is -2.39. The molecule has 1 aliphatic rings. The van der Waals surface area contributed by atoms with Gasteiger partial charge in [-0.15, -0.1) is 0 Å². The molecule has 0 unspecified atom stereocenters. The van der Waals surface area contributed by atoms with E-state index in [-0.39, 0.29) is 0 Å². The number of aliphatic hydroxyl groups excluding tert-OH is 4. The van der Waals surface area contributed by atoms with Crippen molar-refractivity contribution in [1.29, 1.82) is 0 Å². The topological polar surface area (TPSA) is 126 Å². The molecule has 4 N–H and O–H groups in total. The molecule has 0 aliphatic carbocycles. The Bertz CT molecular complexity index is 784. The molecule has 5 atom stereocenters. The summed E-state index contributed by atoms with van der Waals surface area (Å²) in [7, 11) is -3.23. The number of hydrogen-bond donors (Lipinski definition) is 4. The van der Waals surface area contributed by atoms with E-state index < -0.39 is 85.8 Å². The van der Waals surface area contributed by atoms with Gasteiger partial charge in [0.25, 0.3) is 0 Å². The fraction of sp³-hybridized carbons (Fsp3) is 0.500. The van der Waals surface area contributed by atoms with E-state index in [1.54, 1.807) is 0 Å². The summed E-state index contributed by atoms with van der Waals surface area (Å²) in [5.41, 5.74) is -0.982. The molecule has 0 bridgehead atoms. The van der Waals surface area contributed by atoms with Crippen molar-refractivity contribution in [3.63, 3.8) is 0 Å². The van der Waals surface area contributed by atoms with Crippen molar-refractivity contribution in [2.75, 3.05) is 13.6 Å². The quantitative estimate of drug-likeness (QED) is 0.502. The molecule has 1 aromatic carbocycles. The van der Waals surface area contributed by atoms with Crippen molar-refractivity contribution < 1.29 is 49.0 Å². The van der Waals surface area contributed by atoms with Crippen LogP contribution in [0.25, 0.3) is 0 Å². The summed E-state index contributed by atoms with van der Waals surface area (Å²) in [6.07, 6.45) is -8.81. The predicted octanol–water partition coefficient (Wildman–Crippen LogP) is -1.35. The number of para-hydroxylation sites is 1. The van der Waals surface area contributed by atoms with Crippen molar-refractivity contribution in [2.45, 2.75) is 30.7 Å². The SMILES string of the molecule is [2H]c1c([2H])c([2H])c(C(=O)OC([2H])([2H])[2H])c(O[C@@H]2O[C@H](CO)[C@@H](O)[C@H](O)[C@H]2O)c1[2H]. The molecule has 22 heavy (non-hydrogen) atoms. The molecule has 1 saturated heterocycles. The first-order valence-corrected chi connectivity index (χ1v) is 6.11. The van der Waals surface area contributed by atoms with Crippen LogP contribution >= 0.6 is 0 Å². The third-order valence-corrected chi connectivity index (χ3v) is 3.03. The Labute approximate surface area is 136 Å². The second kappa shape index (κ2) is 7.03. The average Bonchev–Trinajstić information content (AvgIpc) is 2.63. The number of hydrogen-bond acceptors (Lipinski definition) is 8. The maximum absolute atomic E-state index is 12.2. The fourth-order valence-electron chi connectivity index (χ4n) is 1.87. The number of ether oxygens (including phenoxy) is 3. The van der Waals surface area contributed by atoms with Crippen molar-refractivity contribution in [3.8, 4) is 5.75 Å². The van der Waals surface area contributed by atoms with Crippen LogP contribution in [0.4, 0.5) is 0 Å². The van der Waals surface area contributed by atoms with Crippen LogP contribution in [-0.2, 0) is 9.47 Å². The number of aliphatic hydroxyl groups is 4. The van der Waals surface area contributed by atoms with E-state index in [9.17, 15) is 25.2 Å². The second-order valence-electron chi connectivity index (χ2n) is 4.41. The number of rotatable bonds is 4. The smallest absolute Gasteiger partial charge is 0.341 e. The van der Waals surface area contributed by atoms with Crippen LogP contribution in [0.2, 0.25) is 0 Å². The number of benzene rings is 1.